The average Bonchev–Trinajstić information content (AvgIpc) is 2.97. The van der Waals surface area contributed by atoms with Crippen molar-refractivity contribution >= 4 is 17.6 Å². The molecule has 0 radical (unpaired) electrons. The van der Waals surface area contributed by atoms with Crippen molar-refractivity contribution in [1.82, 2.24) is 10.2 Å². The van der Waals surface area contributed by atoms with Gasteiger partial charge in [-0.1, -0.05) is 12.1 Å². The normalized spacial score (nSPS) is 17.5. The van der Waals surface area contributed by atoms with E-state index in [2.05, 4.69) is 10.6 Å². The number of amides is 3. The van der Waals surface area contributed by atoms with Crippen LogP contribution < -0.4 is 15.4 Å². The predicted molar refractivity (Wildman–Crippen MR) is 94.3 cm³/mol. The number of nitrogens with one attached hydrogen (secondary N) is 2. The van der Waals surface area contributed by atoms with Crippen molar-refractivity contribution in [1.29, 1.82) is 0 Å². The number of ether oxygens (including phenoxy) is 1. The largest absolute Gasteiger partial charge is 0.492 e. The summed E-state index contributed by atoms with van der Waals surface area (Å²) in [6, 6.07) is 6.61. The molecule has 1 atom stereocenters. The van der Waals surface area contributed by atoms with Crippen LogP contribution in [0.25, 0.3) is 0 Å². The van der Waals surface area contributed by atoms with E-state index < -0.39 is 6.04 Å². The van der Waals surface area contributed by atoms with Crippen LogP contribution in [-0.4, -0.2) is 41.6 Å². The van der Waals surface area contributed by atoms with Crippen molar-refractivity contribution in [3.63, 3.8) is 0 Å². The minimum absolute atomic E-state index is 0.103. The molecule has 1 unspecified atom stereocenters. The van der Waals surface area contributed by atoms with Crippen molar-refractivity contribution in [3.8, 4) is 5.75 Å². The first kappa shape index (κ1) is 18.1. The Balaban J connectivity index is 2.07. The number of para-hydroxylation sites is 2. The monoisotopic (exact) mass is 333 g/mol. The van der Waals surface area contributed by atoms with Crippen LogP contribution >= 0.6 is 0 Å². The third-order valence-corrected chi connectivity index (χ3v) is 3.74. The first-order valence-electron chi connectivity index (χ1n) is 8.43. The maximum Gasteiger partial charge on any atom is 0.322 e. The molecule has 1 aromatic carbocycles. The summed E-state index contributed by atoms with van der Waals surface area (Å²) in [5.74, 6) is 0.525. The Hall–Kier alpha value is -2.24. The van der Waals surface area contributed by atoms with Gasteiger partial charge in [0, 0.05) is 12.1 Å². The second-order valence-corrected chi connectivity index (χ2v) is 6.95. The predicted octanol–water partition coefficient (Wildman–Crippen LogP) is 3.00. The SMILES string of the molecule is CCOc1ccccc1NC(=O)N1CCCC1C(=O)NC(C)(C)C. The van der Waals surface area contributed by atoms with Crippen LogP contribution in [0.5, 0.6) is 5.75 Å². The molecular weight excluding hydrogens is 306 g/mol. The topological polar surface area (TPSA) is 70.7 Å². The molecule has 2 N–H and O–H groups in total. The number of rotatable bonds is 4. The molecule has 1 saturated heterocycles. The summed E-state index contributed by atoms with van der Waals surface area (Å²) >= 11 is 0. The van der Waals surface area contributed by atoms with Gasteiger partial charge in [0.1, 0.15) is 11.8 Å². The van der Waals surface area contributed by atoms with Crippen molar-refractivity contribution in [2.24, 2.45) is 0 Å². The fraction of sp³-hybridized carbons (Fsp3) is 0.556. The highest BCUT2D eigenvalue weighted by Gasteiger charge is 2.35. The van der Waals surface area contributed by atoms with Gasteiger partial charge in [0.25, 0.3) is 0 Å². The van der Waals surface area contributed by atoms with Crippen molar-refractivity contribution in [3.05, 3.63) is 24.3 Å². The van der Waals surface area contributed by atoms with Crippen molar-refractivity contribution in [2.45, 2.75) is 52.1 Å². The highest BCUT2D eigenvalue weighted by Crippen LogP contribution is 2.26. The standard InChI is InChI=1S/C18H27N3O3/c1-5-24-15-11-7-6-9-13(15)19-17(23)21-12-8-10-14(21)16(22)20-18(2,3)4/h6-7,9,11,14H,5,8,10,12H2,1-4H3,(H,19,23)(H,20,22). The number of urea groups is 1. The van der Waals surface area contributed by atoms with E-state index in [0.717, 1.165) is 6.42 Å². The highest BCUT2D eigenvalue weighted by atomic mass is 16.5. The molecule has 2 rings (SSSR count). The average molecular weight is 333 g/mol. The Kier molecular flexibility index (Phi) is 5.70. The van der Waals surface area contributed by atoms with Crippen LogP contribution in [0.15, 0.2) is 24.3 Å². The summed E-state index contributed by atoms with van der Waals surface area (Å²) < 4.78 is 5.53. The summed E-state index contributed by atoms with van der Waals surface area (Å²) in [7, 11) is 0. The molecule has 1 aliphatic rings. The molecule has 1 aromatic rings. The first-order chi connectivity index (χ1) is 11.3. The highest BCUT2D eigenvalue weighted by molar-refractivity contribution is 5.95. The van der Waals surface area contributed by atoms with Gasteiger partial charge in [0.2, 0.25) is 5.91 Å². The number of anilines is 1. The molecule has 1 fully saturated rings. The van der Waals surface area contributed by atoms with E-state index in [4.69, 9.17) is 4.74 Å². The first-order valence-corrected chi connectivity index (χ1v) is 8.43. The number of carbonyl (C=O) groups is 2. The van der Waals surface area contributed by atoms with E-state index in [1.54, 1.807) is 11.0 Å². The van der Waals surface area contributed by atoms with E-state index in [0.29, 0.717) is 31.0 Å². The van der Waals surface area contributed by atoms with Gasteiger partial charge in [0.05, 0.1) is 12.3 Å². The third-order valence-electron chi connectivity index (χ3n) is 3.74. The molecule has 0 aliphatic carbocycles. The molecule has 0 bridgehead atoms. The van der Waals surface area contributed by atoms with E-state index >= 15 is 0 Å². The van der Waals surface area contributed by atoms with Crippen molar-refractivity contribution in [2.75, 3.05) is 18.5 Å². The van der Waals surface area contributed by atoms with Gasteiger partial charge < -0.3 is 20.3 Å². The van der Waals surface area contributed by atoms with Gasteiger partial charge in [0.15, 0.2) is 0 Å². The van der Waals surface area contributed by atoms with Crippen molar-refractivity contribution < 1.29 is 14.3 Å². The summed E-state index contributed by atoms with van der Waals surface area (Å²) in [6.07, 6.45) is 1.51. The zero-order valence-corrected chi connectivity index (χ0v) is 14.9. The molecule has 24 heavy (non-hydrogen) atoms. The number of hydrogen-bond donors (Lipinski definition) is 2. The lowest BCUT2D eigenvalue weighted by Gasteiger charge is -2.28. The quantitative estimate of drug-likeness (QED) is 0.890. The number of nitrogens with zero attached hydrogens (tertiary/aromatic N) is 1. The minimum atomic E-state index is -0.427. The van der Waals surface area contributed by atoms with E-state index in [1.807, 2.05) is 45.9 Å². The summed E-state index contributed by atoms with van der Waals surface area (Å²) in [5, 5.41) is 5.82. The fourth-order valence-corrected chi connectivity index (χ4v) is 2.77. The Labute approximate surface area is 143 Å². The second kappa shape index (κ2) is 7.55. The minimum Gasteiger partial charge on any atom is -0.492 e. The molecule has 1 aliphatic heterocycles. The number of carbonyl (C=O) groups excluding carboxylic acids is 2. The van der Waals surface area contributed by atoms with E-state index in [-0.39, 0.29) is 17.5 Å². The van der Waals surface area contributed by atoms with E-state index in [9.17, 15) is 9.59 Å². The second-order valence-electron chi connectivity index (χ2n) is 6.95. The molecule has 3 amide bonds. The molecule has 6 nitrogen and oxygen atoms in total. The molecule has 0 saturated carbocycles. The fourth-order valence-electron chi connectivity index (χ4n) is 2.77. The van der Waals surface area contributed by atoms with Gasteiger partial charge in [-0.2, -0.15) is 0 Å². The van der Waals surface area contributed by atoms with Crippen LogP contribution in [0.4, 0.5) is 10.5 Å². The van der Waals surface area contributed by atoms with Crippen LogP contribution in [0.2, 0.25) is 0 Å². The maximum absolute atomic E-state index is 12.6. The lowest BCUT2D eigenvalue weighted by molar-refractivity contribution is -0.126. The Morgan fingerprint density at radius 2 is 2.00 bits per heavy atom. The zero-order chi connectivity index (χ0) is 17.7. The number of benzene rings is 1. The Morgan fingerprint density at radius 3 is 2.67 bits per heavy atom. The molecule has 6 heteroatoms. The van der Waals surface area contributed by atoms with Gasteiger partial charge in [-0.05, 0) is 52.7 Å². The number of likely N-dealkylation sites (tertiary alicyclic amines) is 1. The zero-order valence-electron chi connectivity index (χ0n) is 14.9. The van der Waals surface area contributed by atoms with Gasteiger partial charge in [-0.25, -0.2) is 4.79 Å². The van der Waals surface area contributed by atoms with Crippen LogP contribution in [0, 0.1) is 0 Å². The molecular formula is C18H27N3O3. The van der Waals surface area contributed by atoms with E-state index in [1.165, 1.54) is 0 Å². The molecule has 1 heterocycles. The Morgan fingerprint density at radius 1 is 1.29 bits per heavy atom. The summed E-state index contributed by atoms with van der Waals surface area (Å²) in [4.78, 5) is 26.7. The van der Waals surface area contributed by atoms with Crippen LogP contribution in [0.3, 0.4) is 0 Å². The molecule has 0 spiro atoms. The smallest absolute Gasteiger partial charge is 0.322 e. The van der Waals surface area contributed by atoms with Gasteiger partial charge in [-0.15, -0.1) is 0 Å². The molecule has 132 valence electrons. The lowest BCUT2D eigenvalue weighted by atomic mass is 10.1. The summed E-state index contributed by atoms with van der Waals surface area (Å²) in [6.45, 7) is 8.79. The lowest BCUT2D eigenvalue weighted by Crippen LogP contribution is -2.52. The molecule has 0 aromatic heterocycles. The number of hydrogen-bond acceptors (Lipinski definition) is 3. The summed E-state index contributed by atoms with van der Waals surface area (Å²) in [5.41, 5.74) is 0.301. The Bertz CT molecular complexity index is 595. The maximum atomic E-state index is 12.6. The van der Waals surface area contributed by atoms with Crippen LogP contribution in [0.1, 0.15) is 40.5 Å². The van der Waals surface area contributed by atoms with Gasteiger partial charge >= 0.3 is 6.03 Å². The van der Waals surface area contributed by atoms with Gasteiger partial charge in [-0.3, -0.25) is 4.79 Å². The third kappa shape index (κ3) is 4.63. The van der Waals surface area contributed by atoms with Crippen LogP contribution in [-0.2, 0) is 4.79 Å².